The first-order valence-corrected chi connectivity index (χ1v) is 6.88. The SMILES string of the molecule is COc1cc(/C=N\N2CCN(C)CC2)ccc1OCC#N. The maximum Gasteiger partial charge on any atom is 0.174 e. The summed E-state index contributed by atoms with van der Waals surface area (Å²) in [5, 5.41) is 15.1. The highest BCUT2D eigenvalue weighted by atomic mass is 16.5. The molecule has 0 aliphatic carbocycles. The van der Waals surface area contributed by atoms with Gasteiger partial charge >= 0.3 is 0 Å². The molecule has 0 radical (unpaired) electrons. The molecule has 2 rings (SSSR count). The van der Waals surface area contributed by atoms with E-state index in [2.05, 4.69) is 22.1 Å². The lowest BCUT2D eigenvalue weighted by Gasteiger charge is -2.30. The molecular formula is C15H20N4O2. The van der Waals surface area contributed by atoms with Crippen molar-refractivity contribution in [2.24, 2.45) is 5.10 Å². The second kappa shape index (κ2) is 7.50. The standard InChI is InChI=1S/C15H20N4O2/c1-18-6-8-19(9-7-18)17-12-13-3-4-14(21-10-5-16)15(11-13)20-2/h3-4,11-12H,6-10H2,1-2H3/b17-12-. The molecule has 0 aromatic heterocycles. The molecule has 6 heteroatoms. The van der Waals surface area contributed by atoms with Gasteiger partial charge in [-0.3, -0.25) is 5.01 Å². The van der Waals surface area contributed by atoms with Crippen LogP contribution < -0.4 is 9.47 Å². The number of nitriles is 1. The van der Waals surface area contributed by atoms with Crippen molar-refractivity contribution in [3.05, 3.63) is 23.8 Å². The molecule has 0 atom stereocenters. The van der Waals surface area contributed by atoms with Crippen LogP contribution in [0, 0.1) is 11.3 Å². The summed E-state index contributed by atoms with van der Waals surface area (Å²) >= 11 is 0. The molecule has 6 nitrogen and oxygen atoms in total. The van der Waals surface area contributed by atoms with Crippen molar-refractivity contribution in [2.45, 2.75) is 0 Å². The predicted octanol–water partition coefficient (Wildman–Crippen LogP) is 1.18. The smallest absolute Gasteiger partial charge is 0.174 e. The first kappa shape index (κ1) is 15.1. The first-order chi connectivity index (χ1) is 10.2. The highest BCUT2D eigenvalue weighted by Crippen LogP contribution is 2.27. The molecule has 0 amide bonds. The van der Waals surface area contributed by atoms with Crippen LogP contribution in [0.5, 0.6) is 11.5 Å². The number of piperazine rings is 1. The number of hydrogen-bond acceptors (Lipinski definition) is 6. The molecule has 1 aromatic carbocycles. The highest BCUT2D eigenvalue weighted by Gasteiger charge is 2.11. The van der Waals surface area contributed by atoms with Crippen LogP contribution in [-0.4, -0.2) is 63.1 Å². The fraction of sp³-hybridized carbons (Fsp3) is 0.467. The molecule has 1 fully saturated rings. The summed E-state index contributed by atoms with van der Waals surface area (Å²) in [4.78, 5) is 2.29. The molecule has 0 N–H and O–H groups in total. The van der Waals surface area contributed by atoms with Crippen molar-refractivity contribution in [1.29, 1.82) is 5.26 Å². The number of rotatable bonds is 5. The molecule has 0 unspecified atom stereocenters. The maximum atomic E-state index is 8.55. The quantitative estimate of drug-likeness (QED) is 0.761. The minimum Gasteiger partial charge on any atom is -0.493 e. The normalized spacial score (nSPS) is 16.0. The third-order valence-electron chi connectivity index (χ3n) is 3.33. The van der Waals surface area contributed by atoms with Gasteiger partial charge in [0.2, 0.25) is 0 Å². The van der Waals surface area contributed by atoms with Gasteiger partial charge in [-0.2, -0.15) is 10.4 Å². The highest BCUT2D eigenvalue weighted by molar-refractivity contribution is 5.80. The van der Waals surface area contributed by atoms with Gasteiger partial charge in [-0.25, -0.2) is 0 Å². The van der Waals surface area contributed by atoms with E-state index in [0.717, 1.165) is 31.7 Å². The molecular weight excluding hydrogens is 268 g/mol. The molecule has 0 bridgehead atoms. The van der Waals surface area contributed by atoms with E-state index < -0.39 is 0 Å². The van der Waals surface area contributed by atoms with Gasteiger partial charge in [0.05, 0.1) is 13.3 Å². The van der Waals surface area contributed by atoms with E-state index in [1.165, 1.54) is 0 Å². The van der Waals surface area contributed by atoms with Gasteiger partial charge in [0.15, 0.2) is 18.1 Å². The van der Waals surface area contributed by atoms with E-state index in [1.54, 1.807) is 13.2 Å². The molecule has 1 aliphatic heterocycles. The second-order valence-electron chi connectivity index (χ2n) is 4.86. The summed E-state index contributed by atoms with van der Waals surface area (Å²) in [7, 11) is 3.70. The van der Waals surface area contributed by atoms with Gasteiger partial charge in [-0.15, -0.1) is 0 Å². The van der Waals surface area contributed by atoms with Gasteiger partial charge < -0.3 is 14.4 Å². The van der Waals surface area contributed by atoms with Crippen molar-refractivity contribution in [3.63, 3.8) is 0 Å². The summed E-state index contributed by atoms with van der Waals surface area (Å²) in [6.45, 7) is 3.94. The minimum atomic E-state index is 0.00505. The van der Waals surface area contributed by atoms with Crippen molar-refractivity contribution in [2.75, 3.05) is 46.9 Å². The lowest BCUT2D eigenvalue weighted by Crippen LogP contribution is -2.41. The van der Waals surface area contributed by atoms with Gasteiger partial charge in [0.1, 0.15) is 6.07 Å². The number of hydrazone groups is 1. The molecule has 0 saturated carbocycles. The number of likely N-dealkylation sites (N-methyl/N-ethyl adjacent to an activating group) is 1. The zero-order valence-electron chi connectivity index (χ0n) is 12.5. The fourth-order valence-corrected chi connectivity index (χ4v) is 2.05. The van der Waals surface area contributed by atoms with Crippen LogP contribution in [-0.2, 0) is 0 Å². The van der Waals surface area contributed by atoms with Crippen LogP contribution in [0.2, 0.25) is 0 Å². The molecule has 1 heterocycles. The van der Waals surface area contributed by atoms with Crippen molar-refractivity contribution in [3.8, 4) is 17.6 Å². The first-order valence-electron chi connectivity index (χ1n) is 6.88. The Morgan fingerprint density at radius 1 is 1.29 bits per heavy atom. The van der Waals surface area contributed by atoms with E-state index in [1.807, 2.05) is 24.4 Å². The predicted molar refractivity (Wildman–Crippen MR) is 80.8 cm³/mol. The second-order valence-corrected chi connectivity index (χ2v) is 4.86. The average Bonchev–Trinajstić information content (AvgIpc) is 2.52. The number of benzene rings is 1. The lowest BCUT2D eigenvalue weighted by molar-refractivity contribution is 0.159. The zero-order chi connectivity index (χ0) is 15.1. The summed E-state index contributed by atoms with van der Waals surface area (Å²) in [6.07, 6.45) is 1.82. The van der Waals surface area contributed by atoms with Crippen molar-refractivity contribution in [1.82, 2.24) is 9.91 Å². The Balaban J connectivity index is 2.01. The van der Waals surface area contributed by atoms with Crippen molar-refractivity contribution < 1.29 is 9.47 Å². The summed E-state index contributed by atoms with van der Waals surface area (Å²) in [5.41, 5.74) is 0.940. The molecule has 1 aromatic rings. The monoisotopic (exact) mass is 288 g/mol. The topological polar surface area (TPSA) is 61.1 Å². The fourth-order valence-electron chi connectivity index (χ4n) is 2.05. The molecule has 112 valence electrons. The van der Waals surface area contributed by atoms with E-state index in [9.17, 15) is 0 Å². The van der Waals surface area contributed by atoms with Crippen LogP contribution in [0.4, 0.5) is 0 Å². The van der Waals surface area contributed by atoms with Gasteiger partial charge in [-0.1, -0.05) is 0 Å². The minimum absolute atomic E-state index is 0.00505. The Morgan fingerprint density at radius 3 is 2.71 bits per heavy atom. The number of ether oxygens (including phenoxy) is 2. The third kappa shape index (κ3) is 4.36. The van der Waals surface area contributed by atoms with E-state index in [4.69, 9.17) is 14.7 Å². The van der Waals surface area contributed by atoms with Crippen LogP contribution in [0.15, 0.2) is 23.3 Å². The van der Waals surface area contributed by atoms with Crippen molar-refractivity contribution >= 4 is 6.21 Å². The van der Waals surface area contributed by atoms with Gasteiger partial charge in [-0.05, 0) is 30.8 Å². The molecule has 1 aliphatic rings. The maximum absolute atomic E-state index is 8.55. The van der Waals surface area contributed by atoms with Crippen LogP contribution in [0.25, 0.3) is 0 Å². The molecule has 0 spiro atoms. The Bertz CT molecular complexity index is 531. The Morgan fingerprint density at radius 2 is 2.05 bits per heavy atom. The van der Waals surface area contributed by atoms with E-state index >= 15 is 0 Å². The third-order valence-corrected chi connectivity index (χ3v) is 3.33. The average molecular weight is 288 g/mol. The van der Waals surface area contributed by atoms with Crippen LogP contribution >= 0.6 is 0 Å². The number of methoxy groups -OCH3 is 1. The Kier molecular flexibility index (Phi) is 5.41. The zero-order valence-corrected chi connectivity index (χ0v) is 12.5. The summed E-state index contributed by atoms with van der Waals surface area (Å²) < 4.78 is 10.6. The Labute approximate surface area is 125 Å². The molecule has 21 heavy (non-hydrogen) atoms. The summed E-state index contributed by atoms with van der Waals surface area (Å²) in [5.74, 6) is 1.17. The van der Waals surface area contributed by atoms with Crippen LogP contribution in [0.1, 0.15) is 5.56 Å². The molecule has 1 saturated heterocycles. The van der Waals surface area contributed by atoms with Gasteiger partial charge in [0.25, 0.3) is 0 Å². The van der Waals surface area contributed by atoms with E-state index in [0.29, 0.717) is 11.5 Å². The largest absolute Gasteiger partial charge is 0.493 e. The van der Waals surface area contributed by atoms with E-state index in [-0.39, 0.29) is 6.61 Å². The van der Waals surface area contributed by atoms with Crippen LogP contribution in [0.3, 0.4) is 0 Å². The summed E-state index contributed by atoms with van der Waals surface area (Å²) in [6, 6.07) is 7.48. The Hall–Kier alpha value is -2.26. The number of hydrogen-bond donors (Lipinski definition) is 0. The van der Waals surface area contributed by atoms with Gasteiger partial charge in [0, 0.05) is 26.2 Å². The lowest BCUT2D eigenvalue weighted by atomic mass is 10.2. The number of nitrogens with zero attached hydrogens (tertiary/aromatic N) is 4.